The third-order valence-corrected chi connectivity index (χ3v) is 6.87. The topological polar surface area (TPSA) is 53.7 Å². The fourth-order valence-corrected chi connectivity index (χ4v) is 4.54. The van der Waals surface area contributed by atoms with E-state index >= 15 is 0 Å². The summed E-state index contributed by atoms with van der Waals surface area (Å²) in [6.45, 7) is 2.53. The van der Waals surface area contributed by atoms with Crippen molar-refractivity contribution in [1.82, 2.24) is 24.4 Å². The number of benzene rings is 2. The quantitative estimate of drug-likeness (QED) is 0.300. The average molecular weight is 552 g/mol. The summed E-state index contributed by atoms with van der Waals surface area (Å²) in [5, 5.41) is 4.89. The molecule has 0 spiro atoms. The Hall–Kier alpha value is -3.21. The maximum Gasteiger partial charge on any atom is 0.433 e. The van der Waals surface area contributed by atoms with Gasteiger partial charge >= 0.3 is 6.18 Å². The molecule has 1 aliphatic heterocycles. The third kappa shape index (κ3) is 5.41. The van der Waals surface area contributed by atoms with Gasteiger partial charge in [0.15, 0.2) is 17.0 Å². The summed E-state index contributed by atoms with van der Waals surface area (Å²) in [4.78, 5) is 21.1. The number of carbonyl (C=O) groups excluding carboxylic acids is 1. The van der Waals surface area contributed by atoms with Crippen LogP contribution < -0.4 is 0 Å². The Bertz CT molecular complexity index is 1460. The second kappa shape index (κ2) is 9.92. The van der Waals surface area contributed by atoms with Gasteiger partial charge in [-0.1, -0.05) is 29.3 Å². The van der Waals surface area contributed by atoms with Gasteiger partial charge in [0.1, 0.15) is 5.82 Å². The highest BCUT2D eigenvalue weighted by atomic mass is 35.5. The molecule has 1 aliphatic rings. The van der Waals surface area contributed by atoms with Gasteiger partial charge in [0.25, 0.3) is 5.91 Å². The fraction of sp³-hybridized carbons (Fsp3) is 0.240. The average Bonchev–Trinajstić information content (AvgIpc) is 3.30. The van der Waals surface area contributed by atoms with E-state index in [-0.39, 0.29) is 17.0 Å². The van der Waals surface area contributed by atoms with E-state index in [9.17, 15) is 22.4 Å². The largest absolute Gasteiger partial charge is 0.433 e. The normalized spacial score (nSPS) is 14.9. The van der Waals surface area contributed by atoms with Crippen molar-refractivity contribution in [2.75, 3.05) is 26.2 Å². The summed E-state index contributed by atoms with van der Waals surface area (Å²) in [7, 11) is 0. The first-order valence-electron chi connectivity index (χ1n) is 11.3. The monoisotopic (exact) mass is 551 g/mol. The van der Waals surface area contributed by atoms with Crippen molar-refractivity contribution >= 4 is 34.8 Å². The van der Waals surface area contributed by atoms with E-state index in [0.29, 0.717) is 52.8 Å². The summed E-state index contributed by atoms with van der Waals surface area (Å²) in [5.74, 6) is -0.994. The lowest BCUT2D eigenvalue weighted by Crippen LogP contribution is -2.48. The molecule has 1 fully saturated rings. The SMILES string of the molecule is O=C(c1cc2nc(-c3ccc(F)cc3)cc(C(F)(F)F)n2n1)N1CCN(Cc2ccc(Cl)c(Cl)c2)CC1. The van der Waals surface area contributed by atoms with E-state index in [1.165, 1.54) is 18.2 Å². The zero-order valence-electron chi connectivity index (χ0n) is 19.1. The molecule has 37 heavy (non-hydrogen) atoms. The van der Waals surface area contributed by atoms with E-state index in [4.69, 9.17) is 23.2 Å². The first-order chi connectivity index (χ1) is 17.6. The highest BCUT2D eigenvalue weighted by Gasteiger charge is 2.36. The van der Waals surface area contributed by atoms with Crippen LogP contribution in [0, 0.1) is 5.82 Å². The minimum Gasteiger partial charge on any atom is -0.335 e. The van der Waals surface area contributed by atoms with Crippen molar-refractivity contribution in [1.29, 1.82) is 0 Å². The van der Waals surface area contributed by atoms with Crippen molar-refractivity contribution in [3.8, 4) is 11.3 Å². The Morgan fingerprint density at radius 2 is 1.62 bits per heavy atom. The maximum atomic E-state index is 13.8. The molecule has 1 saturated heterocycles. The van der Waals surface area contributed by atoms with Gasteiger partial charge < -0.3 is 4.90 Å². The Labute approximate surface area is 219 Å². The van der Waals surface area contributed by atoms with Crippen LogP contribution in [-0.4, -0.2) is 56.5 Å². The molecule has 2 aromatic heterocycles. The number of nitrogens with zero attached hydrogens (tertiary/aromatic N) is 5. The predicted molar refractivity (Wildman–Crippen MR) is 131 cm³/mol. The van der Waals surface area contributed by atoms with Crippen LogP contribution in [-0.2, 0) is 12.7 Å². The highest BCUT2D eigenvalue weighted by molar-refractivity contribution is 6.42. The van der Waals surface area contributed by atoms with Gasteiger partial charge in [-0.2, -0.15) is 18.3 Å². The van der Waals surface area contributed by atoms with E-state index in [1.807, 2.05) is 6.07 Å². The molecule has 0 atom stereocenters. The molecule has 6 nitrogen and oxygen atoms in total. The molecule has 0 N–H and O–H groups in total. The fourth-order valence-electron chi connectivity index (χ4n) is 4.22. The van der Waals surface area contributed by atoms with E-state index in [2.05, 4.69) is 15.0 Å². The number of alkyl halides is 3. The van der Waals surface area contributed by atoms with Crippen LogP contribution in [0.3, 0.4) is 0 Å². The Morgan fingerprint density at radius 3 is 2.27 bits per heavy atom. The van der Waals surface area contributed by atoms with Gasteiger partial charge in [-0.05, 0) is 48.0 Å². The smallest absolute Gasteiger partial charge is 0.335 e. The zero-order chi connectivity index (χ0) is 26.3. The summed E-state index contributed by atoms with van der Waals surface area (Å²) in [6, 6.07) is 12.4. The number of rotatable bonds is 4. The minimum absolute atomic E-state index is 0.00496. The molecule has 0 bridgehead atoms. The first-order valence-corrected chi connectivity index (χ1v) is 12.0. The second-order valence-corrected chi connectivity index (χ2v) is 9.46. The van der Waals surface area contributed by atoms with Crippen molar-refractivity contribution in [3.63, 3.8) is 0 Å². The van der Waals surface area contributed by atoms with E-state index in [1.54, 1.807) is 17.0 Å². The van der Waals surface area contributed by atoms with Crippen LogP contribution in [0.5, 0.6) is 0 Å². The molecular weight excluding hydrogens is 533 g/mol. The predicted octanol–water partition coefficient (Wildman–Crippen LogP) is 5.82. The number of hydrogen-bond acceptors (Lipinski definition) is 4. The van der Waals surface area contributed by atoms with Crippen LogP contribution >= 0.6 is 23.2 Å². The molecule has 192 valence electrons. The van der Waals surface area contributed by atoms with Crippen LogP contribution in [0.15, 0.2) is 54.6 Å². The zero-order valence-corrected chi connectivity index (χ0v) is 20.7. The number of halogens is 6. The van der Waals surface area contributed by atoms with Gasteiger partial charge in [0.05, 0.1) is 15.7 Å². The molecule has 4 aromatic rings. The number of hydrogen-bond donors (Lipinski definition) is 0. The number of carbonyl (C=O) groups is 1. The lowest BCUT2D eigenvalue weighted by Gasteiger charge is -2.34. The van der Waals surface area contributed by atoms with Crippen LogP contribution in [0.4, 0.5) is 17.6 Å². The van der Waals surface area contributed by atoms with Crippen molar-refractivity contribution in [2.24, 2.45) is 0 Å². The molecule has 0 unspecified atom stereocenters. The Kier molecular flexibility index (Phi) is 6.82. The number of aromatic nitrogens is 3. The number of fused-ring (bicyclic) bond motifs is 1. The highest BCUT2D eigenvalue weighted by Crippen LogP contribution is 2.32. The molecular formula is C25H19Cl2F4N5O. The Balaban J connectivity index is 1.36. The van der Waals surface area contributed by atoms with Crippen LogP contribution in [0.1, 0.15) is 21.7 Å². The standard InChI is InChI=1S/C25H19Cl2F4N5O/c26-18-6-1-15(11-19(18)27)14-34-7-9-35(10-8-34)24(37)21-13-23-32-20(16-2-4-17(28)5-3-16)12-22(25(29,30)31)36(23)33-21/h1-6,11-13H,7-10,14H2. The van der Waals surface area contributed by atoms with Gasteiger partial charge in [-0.3, -0.25) is 9.69 Å². The van der Waals surface area contributed by atoms with Crippen molar-refractivity contribution in [2.45, 2.75) is 12.7 Å². The lowest BCUT2D eigenvalue weighted by molar-refractivity contribution is -0.142. The van der Waals surface area contributed by atoms with Gasteiger partial charge in [0.2, 0.25) is 0 Å². The van der Waals surface area contributed by atoms with Crippen LogP contribution in [0.2, 0.25) is 10.0 Å². The first kappa shape index (κ1) is 25.4. The molecule has 1 amide bonds. The summed E-state index contributed by atoms with van der Waals surface area (Å²) in [6.07, 6.45) is -4.75. The van der Waals surface area contributed by atoms with Crippen molar-refractivity contribution < 1.29 is 22.4 Å². The molecule has 0 radical (unpaired) electrons. The van der Waals surface area contributed by atoms with Crippen molar-refractivity contribution in [3.05, 3.63) is 87.4 Å². The van der Waals surface area contributed by atoms with E-state index < -0.39 is 23.6 Å². The van der Waals surface area contributed by atoms with Gasteiger partial charge in [-0.25, -0.2) is 13.9 Å². The third-order valence-electron chi connectivity index (χ3n) is 6.13. The van der Waals surface area contributed by atoms with Gasteiger partial charge in [0, 0.05) is 44.4 Å². The number of amides is 1. The van der Waals surface area contributed by atoms with E-state index in [0.717, 1.165) is 23.8 Å². The van der Waals surface area contributed by atoms with Gasteiger partial charge in [-0.15, -0.1) is 0 Å². The molecule has 0 saturated carbocycles. The molecule has 12 heteroatoms. The minimum atomic E-state index is -4.75. The maximum absolute atomic E-state index is 13.8. The Morgan fingerprint density at radius 1 is 0.919 bits per heavy atom. The number of piperazine rings is 1. The molecule has 0 aliphatic carbocycles. The molecule has 2 aromatic carbocycles. The summed E-state index contributed by atoms with van der Waals surface area (Å²) >= 11 is 12.1. The molecule has 3 heterocycles. The summed E-state index contributed by atoms with van der Waals surface area (Å²) < 4.78 is 55.5. The molecule has 5 rings (SSSR count). The lowest BCUT2D eigenvalue weighted by atomic mass is 10.1. The van der Waals surface area contributed by atoms with Crippen LogP contribution in [0.25, 0.3) is 16.9 Å². The summed E-state index contributed by atoms with van der Waals surface area (Å²) in [5.41, 5.74) is -0.0567. The second-order valence-electron chi connectivity index (χ2n) is 8.65.